The molecule has 2 atom stereocenters. The van der Waals surface area contributed by atoms with Gasteiger partial charge in [-0.15, -0.1) is 11.3 Å². The minimum Gasteiger partial charge on any atom is -0.340 e. The van der Waals surface area contributed by atoms with E-state index in [2.05, 4.69) is 42.3 Å². The van der Waals surface area contributed by atoms with Crippen molar-refractivity contribution in [3.8, 4) is 0 Å². The highest BCUT2D eigenvalue weighted by Gasteiger charge is 2.30. The summed E-state index contributed by atoms with van der Waals surface area (Å²) in [7, 11) is 0. The Labute approximate surface area is 146 Å². The van der Waals surface area contributed by atoms with Crippen molar-refractivity contribution < 1.29 is 9.32 Å². The van der Waals surface area contributed by atoms with E-state index in [0.717, 1.165) is 17.7 Å². The summed E-state index contributed by atoms with van der Waals surface area (Å²) in [5.41, 5.74) is 1.66. The Morgan fingerprint density at radius 2 is 2.21 bits per heavy atom. The zero-order valence-electron chi connectivity index (χ0n) is 15.0. The zero-order chi connectivity index (χ0) is 17.5. The van der Waals surface area contributed by atoms with Crippen LogP contribution >= 0.6 is 11.3 Å². The maximum absolute atomic E-state index is 12.5. The molecular formula is C18H25N3O2S. The highest BCUT2D eigenvalue weighted by molar-refractivity contribution is 7.14. The van der Waals surface area contributed by atoms with Gasteiger partial charge in [0.1, 0.15) is 6.04 Å². The van der Waals surface area contributed by atoms with Gasteiger partial charge in [-0.05, 0) is 56.1 Å². The summed E-state index contributed by atoms with van der Waals surface area (Å²) in [6.45, 7) is 10.5. The molecule has 0 aromatic carbocycles. The van der Waals surface area contributed by atoms with Crippen molar-refractivity contribution >= 4 is 17.2 Å². The number of hydrogen-bond donors (Lipinski definition) is 1. The molecule has 0 radical (unpaired) electrons. The van der Waals surface area contributed by atoms with Crippen LogP contribution in [0.5, 0.6) is 0 Å². The Morgan fingerprint density at radius 3 is 2.83 bits per heavy atom. The van der Waals surface area contributed by atoms with Crippen LogP contribution in [-0.4, -0.2) is 16.0 Å². The number of aryl methyl sites for hydroxylation is 2. The molecule has 0 fully saturated rings. The fourth-order valence-electron chi connectivity index (χ4n) is 3.19. The number of hydrogen-bond acceptors (Lipinski definition) is 5. The van der Waals surface area contributed by atoms with Gasteiger partial charge in [0.2, 0.25) is 5.89 Å². The summed E-state index contributed by atoms with van der Waals surface area (Å²) in [6, 6.07) is 1.78. The smallest absolute Gasteiger partial charge is 0.262 e. The van der Waals surface area contributed by atoms with Gasteiger partial charge in [-0.2, -0.15) is 4.98 Å². The Balaban J connectivity index is 1.70. The molecule has 5 nitrogen and oxygen atoms in total. The molecule has 130 valence electrons. The number of carbonyl (C=O) groups excluding carboxylic acids is 1. The molecule has 24 heavy (non-hydrogen) atoms. The average Bonchev–Trinajstić information content (AvgIpc) is 3.11. The van der Waals surface area contributed by atoms with E-state index in [1.165, 1.54) is 16.9 Å². The Kier molecular flexibility index (Phi) is 4.51. The molecule has 3 rings (SSSR count). The molecule has 0 aliphatic heterocycles. The molecule has 0 saturated carbocycles. The summed E-state index contributed by atoms with van der Waals surface area (Å²) in [4.78, 5) is 18.8. The molecule has 1 N–H and O–H groups in total. The van der Waals surface area contributed by atoms with E-state index in [1.807, 2.05) is 6.92 Å². The molecular weight excluding hydrogens is 322 g/mol. The highest BCUT2D eigenvalue weighted by Crippen LogP contribution is 2.40. The molecule has 0 saturated heterocycles. The van der Waals surface area contributed by atoms with Crippen LogP contribution in [0, 0.1) is 18.3 Å². The van der Waals surface area contributed by atoms with Crippen LogP contribution < -0.4 is 5.32 Å². The number of aromatic nitrogens is 2. The van der Waals surface area contributed by atoms with Crippen molar-refractivity contribution in [1.82, 2.24) is 15.5 Å². The standard InChI is InChI=1S/C18H25N3O2S/c1-10(17-20-11(2)21-23-17)19-16(22)15-9-12-8-13(18(3,4)5)6-7-14(12)24-15/h9-10,13H,6-8H2,1-5H3,(H,19,22)/t10-,13-/m0/s1. The van der Waals surface area contributed by atoms with Crippen LogP contribution in [-0.2, 0) is 12.8 Å². The molecule has 6 heteroatoms. The summed E-state index contributed by atoms with van der Waals surface area (Å²) in [5.74, 6) is 1.63. The third-order valence-corrected chi connectivity index (χ3v) is 6.03. The SMILES string of the molecule is Cc1noc([C@H](C)NC(=O)c2cc3c(s2)CC[C@H](C(C)(C)C)C3)n1. The summed E-state index contributed by atoms with van der Waals surface area (Å²) in [5, 5.41) is 6.72. The lowest BCUT2D eigenvalue weighted by molar-refractivity contribution is 0.0936. The third kappa shape index (κ3) is 3.53. The van der Waals surface area contributed by atoms with Gasteiger partial charge >= 0.3 is 0 Å². The summed E-state index contributed by atoms with van der Waals surface area (Å²) in [6.07, 6.45) is 3.35. The van der Waals surface area contributed by atoms with Crippen LogP contribution in [0.1, 0.15) is 72.0 Å². The van der Waals surface area contributed by atoms with Crippen molar-refractivity contribution in [2.24, 2.45) is 11.3 Å². The Bertz CT molecular complexity index is 742. The molecule has 2 aromatic rings. The lowest BCUT2D eigenvalue weighted by atomic mass is 9.72. The van der Waals surface area contributed by atoms with Crippen LogP contribution in [0.15, 0.2) is 10.6 Å². The van der Waals surface area contributed by atoms with Crippen LogP contribution in [0.3, 0.4) is 0 Å². The second kappa shape index (κ2) is 6.31. The van der Waals surface area contributed by atoms with Gasteiger partial charge in [0.25, 0.3) is 5.91 Å². The number of amides is 1. The van der Waals surface area contributed by atoms with E-state index in [9.17, 15) is 4.79 Å². The minimum absolute atomic E-state index is 0.0648. The number of thiophene rings is 1. The normalized spacial score (nSPS) is 19.0. The molecule has 0 bridgehead atoms. The lowest BCUT2D eigenvalue weighted by Crippen LogP contribution is -2.26. The van der Waals surface area contributed by atoms with Crippen molar-refractivity contribution in [3.05, 3.63) is 33.1 Å². The van der Waals surface area contributed by atoms with Gasteiger partial charge in [0.15, 0.2) is 5.82 Å². The maximum atomic E-state index is 12.5. The van der Waals surface area contributed by atoms with E-state index in [-0.39, 0.29) is 11.9 Å². The average molecular weight is 347 g/mol. The van der Waals surface area contributed by atoms with E-state index in [1.54, 1.807) is 18.3 Å². The molecule has 1 amide bonds. The van der Waals surface area contributed by atoms with Gasteiger partial charge in [-0.25, -0.2) is 0 Å². The third-order valence-electron chi connectivity index (χ3n) is 4.79. The maximum Gasteiger partial charge on any atom is 0.262 e. The first-order valence-corrected chi connectivity index (χ1v) is 9.28. The van der Waals surface area contributed by atoms with Crippen molar-refractivity contribution in [1.29, 1.82) is 0 Å². The lowest BCUT2D eigenvalue weighted by Gasteiger charge is -2.33. The second-order valence-electron chi connectivity index (χ2n) is 7.74. The molecule has 0 unspecified atom stereocenters. The van der Waals surface area contributed by atoms with Gasteiger partial charge in [-0.1, -0.05) is 25.9 Å². The minimum atomic E-state index is -0.292. The number of nitrogens with one attached hydrogen (secondary N) is 1. The monoisotopic (exact) mass is 347 g/mol. The first-order valence-electron chi connectivity index (χ1n) is 8.46. The van der Waals surface area contributed by atoms with Crippen LogP contribution in [0.2, 0.25) is 0 Å². The number of rotatable bonds is 3. The fraction of sp³-hybridized carbons (Fsp3) is 0.611. The van der Waals surface area contributed by atoms with Crippen molar-refractivity contribution in [2.45, 2.75) is 59.9 Å². The summed E-state index contributed by atoms with van der Waals surface area (Å²) >= 11 is 1.62. The molecule has 1 aliphatic rings. The molecule has 2 heterocycles. The number of carbonyl (C=O) groups is 1. The Hall–Kier alpha value is -1.69. The van der Waals surface area contributed by atoms with Crippen LogP contribution in [0.25, 0.3) is 0 Å². The van der Waals surface area contributed by atoms with Crippen molar-refractivity contribution in [2.75, 3.05) is 0 Å². The van der Waals surface area contributed by atoms with E-state index >= 15 is 0 Å². The van der Waals surface area contributed by atoms with Crippen molar-refractivity contribution in [3.63, 3.8) is 0 Å². The van der Waals surface area contributed by atoms with Gasteiger partial charge in [0.05, 0.1) is 4.88 Å². The highest BCUT2D eigenvalue weighted by atomic mass is 32.1. The number of nitrogens with zero attached hydrogens (tertiary/aromatic N) is 2. The van der Waals surface area contributed by atoms with E-state index in [4.69, 9.17) is 4.52 Å². The number of fused-ring (bicyclic) bond motifs is 1. The predicted octanol–water partition coefficient (Wildman–Crippen LogP) is 4.08. The molecule has 1 aliphatic carbocycles. The predicted molar refractivity (Wildman–Crippen MR) is 94.2 cm³/mol. The van der Waals surface area contributed by atoms with Gasteiger partial charge < -0.3 is 9.84 Å². The van der Waals surface area contributed by atoms with Crippen LogP contribution in [0.4, 0.5) is 0 Å². The van der Waals surface area contributed by atoms with Gasteiger partial charge in [-0.3, -0.25) is 4.79 Å². The van der Waals surface area contributed by atoms with E-state index in [0.29, 0.717) is 23.0 Å². The topological polar surface area (TPSA) is 68.0 Å². The van der Waals surface area contributed by atoms with E-state index < -0.39 is 0 Å². The molecule has 0 spiro atoms. The first-order chi connectivity index (χ1) is 11.2. The quantitative estimate of drug-likeness (QED) is 0.908. The largest absolute Gasteiger partial charge is 0.340 e. The zero-order valence-corrected chi connectivity index (χ0v) is 15.8. The summed E-state index contributed by atoms with van der Waals surface area (Å²) < 4.78 is 5.12. The van der Waals surface area contributed by atoms with Gasteiger partial charge in [0, 0.05) is 4.88 Å². The Morgan fingerprint density at radius 1 is 1.46 bits per heavy atom. The second-order valence-corrected chi connectivity index (χ2v) is 8.88. The molecule has 2 aromatic heterocycles. The fourth-order valence-corrected chi connectivity index (χ4v) is 4.30. The first kappa shape index (κ1) is 17.1.